The van der Waals surface area contributed by atoms with E-state index in [1.165, 1.54) is 26.4 Å². The summed E-state index contributed by atoms with van der Waals surface area (Å²) >= 11 is 1.90. The number of benzene rings is 2. The number of rotatable bonds is 3. The smallest absolute Gasteiger partial charge is 0.0345 e. The largest absolute Gasteiger partial charge is 0.140 e. The summed E-state index contributed by atoms with van der Waals surface area (Å²) in [5.41, 5.74) is 3.85. The van der Waals surface area contributed by atoms with Crippen LogP contribution in [-0.2, 0) is 0 Å². The highest BCUT2D eigenvalue weighted by molar-refractivity contribution is 7.15. The first-order valence-corrected chi connectivity index (χ1v) is 7.81. The maximum Gasteiger partial charge on any atom is 0.0345 e. The van der Waals surface area contributed by atoms with Crippen LogP contribution in [0.25, 0.3) is 21.6 Å². The molecule has 0 saturated carbocycles. The Morgan fingerprint density at radius 2 is 1.25 bits per heavy atom. The highest BCUT2D eigenvalue weighted by Gasteiger charge is 2.06. The van der Waals surface area contributed by atoms with Gasteiger partial charge in [-0.25, -0.2) is 0 Å². The maximum atomic E-state index is 2.25. The van der Waals surface area contributed by atoms with Crippen molar-refractivity contribution in [2.45, 2.75) is 19.8 Å². The van der Waals surface area contributed by atoms with Gasteiger partial charge in [-0.3, -0.25) is 0 Å². The van der Waals surface area contributed by atoms with E-state index >= 15 is 0 Å². The molecule has 0 unspecified atom stereocenters. The van der Waals surface area contributed by atoms with Crippen molar-refractivity contribution in [2.24, 2.45) is 0 Å². The van der Waals surface area contributed by atoms with Gasteiger partial charge in [-0.1, -0.05) is 68.4 Å². The van der Waals surface area contributed by atoms with Crippen molar-refractivity contribution >= 4 is 11.3 Å². The van der Waals surface area contributed by atoms with Crippen LogP contribution in [0.1, 0.15) is 24.6 Å². The number of hydrogen-bond donors (Lipinski definition) is 0. The van der Waals surface area contributed by atoms with Crippen molar-refractivity contribution in [1.82, 2.24) is 0 Å². The van der Waals surface area contributed by atoms with E-state index in [0.717, 1.165) is 0 Å². The molecule has 0 aliphatic heterocycles. The molecule has 1 aromatic heterocycles. The number of hydrogen-bond acceptors (Lipinski definition) is 1. The van der Waals surface area contributed by atoms with Gasteiger partial charge in [-0.05, 0) is 34.7 Å². The van der Waals surface area contributed by atoms with Crippen LogP contribution in [0, 0.1) is 0 Å². The molecule has 100 valence electrons. The molecule has 2 aromatic carbocycles. The van der Waals surface area contributed by atoms with E-state index in [9.17, 15) is 0 Å². The lowest BCUT2D eigenvalue weighted by atomic mass is 10.0. The standard InChI is InChI=1S/C19H18S/c1-14(2)18-12-13-19(20-18)17-10-8-16(9-11-17)15-6-4-3-5-7-15/h3-14H,1-2H3. The van der Waals surface area contributed by atoms with Crippen molar-refractivity contribution in [3.8, 4) is 21.6 Å². The van der Waals surface area contributed by atoms with Gasteiger partial charge in [0.25, 0.3) is 0 Å². The predicted octanol–water partition coefficient (Wildman–Crippen LogP) is 6.21. The minimum absolute atomic E-state index is 0.609. The van der Waals surface area contributed by atoms with E-state index < -0.39 is 0 Å². The SMILES string of the molecule is CC(C)c1ccc(-c2ccc(-c3ccccc3)cc2)s1. The van der Waals surface area contributed by atoms with Crippen molar-refractivity contribution in [3.05, 3.63) is 71.6 Å². The van der Waals surface area contributed by atoms with E-state index in [1.54, 1.807) is 0 Å². The average Bonchev–Trinajstić information content (AvgIpc) is 2.98. The number of thiophene rings is 1. The zero-order chi connectivity index (χ0) is 13.9. The first kappa shape index (κ1) is 13.1. The molecule has 0 nitrogen and oxygen atoms in total. The fourth-order valence-electron chi connectivity index (χ4n) is 2.28. The zero-order valence-electron chi connectivity index (χ0n) is 11.8. The fourth-order valence-corrected chi connectivity index (χ4v) is 3.29. The molecule has 0 aliphatic carbocycles. The van der Waals surface area contributed by atoms with E-state index in [-0.39, 0.29) is 0 Å². The van der Waals surface area contributed by atoms with Crippen LogP contribution in [0.3, 0.4) is 0 Å². The lowest BCUT2D eigenvalue weighted by molar-refractivity contribution is 0.890. The monoisotopic (exact) mass is 278 g/mol. The van der Waals surface area contributed by atoms with E-state index in [4.69, 9.17) is 0 Å². The van der Waals surface area contributed by atoms with Crippen LogP contribution in [0.4, 0.5) is 0 Å². The second-order valence-electron chi connectivity index (χ2n) is 5.30. The molecule has 0 radical (unpaired) electrons. The molecule has 0 spiro atoms. The molecule has 20 heavy (non-hydrogen) atoms. The van der Waals surface area contributed by atoms with E-state index in [0.29, 0.717) is 5.92 Å². The third-order valence-electron chi connectivity index (χ3n) is 3.47. The van der Waals surface area contributed by atoms with Crippen molar-refractivity contribution < 1.29 is 0 Å². The van der Waals surface area contributed by atoms with Gasteiger partial charge < -0.3 is 0 Å². The lowest BCUT2D eigenvalue weighted by Crippen LogP contribution is -1.78. The molecule has 0 aliphatic rings. The Balaban J connectivity index is 1.89. The van der Waals surface area contributed by atoms with Crippen LogP contribution in [0.15, 0.2) is 66.7 Å². The van der Waals surface area contributed by atoms with Crippen LogP contribution < -0.4 is 0 Å². The summed E-state index contributed by atoms with van der Waals surface area (Å²) in [5.74, 6) is 0.609. The molecule has 0 amide bonds. The minimum atomic E-state index is 0.609. The second kappa shape index (κ2) is 5.64. The minimum Gasteiger partial charge on any atom is -0.140 e. The Bertz CT molecular complexity index is 675. The quantitative estimate of drug-likeness (QED) is 0.534. The van der Waals surface area contributed by atoms with Gasteiger partial charge in [0.15, 0.2) is 0 Å². The molecular weight excluding hydrogens is 260 g/mol. The molecule has 0 saturated heterocycles. The van der Waals surface area contributed by atoms with Gasteiger partial charge in [-0.15, -0.1) is 11.3 Å². The Morgan fingerprint density at radius 1 is 0.650 bits per heavy atom. The fraction of sp³-hybridized carbons (Fsp3) is 0.158. The predicted molar refractivity (Wildman–Crippen MR) is 89.3 cm³/mol. The van der Waals surface area contributed by atoms with Crippen molar-refractivity contribution in [3.63, 3.8) is 0 Å². The molecule has 0 fully saturated rings. The second-order valence-corrected chi connectivity index (χ2v) is 6.42. The zero-order valence-corrected chi connectivity index (χ0v) is 12.7. The van der Waals surface area contributed by atoms with E-state index in [1.807, 2.05) is 11.3 Å². The van der Waals surface area contributed by atoms with Gasteiger partial charge in [0.2, 0.25) is 0 Å². The summed E-state index contributed by atoms with van der Waals surface area (Å²) in [5, 5.41) is 0. The third kappa shape index (κ3) is 2.68. The van der Waals surface area contributed by atoms with Gasteiger partial charge in [0.1, 0.15) is 0 Å². The first-order chi connectivity index (χ1) is 9.74. The molecule has 1 heterocycles. The topological polar surface area (TPSA) is 0 Å². The van der Waals surface area contributed by atoms with Crippen molar-refractivity contribution in [2.75, 3.05) is 0 Å². The van der Waals surface area contributed by atoms with Crippen LogP contribution >= 0.6 is 11.3 Å². The Morgan fingerprint density at radius 3 is 1.85 bits per heavy atom. The van der Waals surface area contributed by atoms with Gasteiger partial charge in [0, 0.05) is 9.75 Å². The van der Waals surface area contributed by atoms with Gasteiger partial charge in [0.05, 0.1) is 0 Å². The molecule has 0 atom stereocenters. The molecule has 0 N–H and O–H groups in total. The molecule has 1 heteroatoms. The molecular formula is C19H18S. The normalized spacial score (nSPS) is 10.9. The van der Waals surface area contributed by atoms with Crippen LogP contribution in [0.2, 0.25) is 0 Å². The van der Waals surface area contributed by atoms with Gasteiger partial charge in [-0.2, -0.15) is 0 Å². The Labute approximate surface area is 124 Å². The Kier molecular flexibility index (Phi) is 3.70. The maximum absolute atomic E-state index is 2.25. The van der Waals surface area contributed by atoms with Gasteiger partial charge >= 0.3 is 0 Å². The molecule has 3 aromatic rings. The first-order valence-electron chi connectivity index (χ1n) is 6.99. The summed E-state index contributed by atoms with van der Waals surface area (Å²) < 4.78 is 0. The third-order valence-corrected chi connectivity index (χ3v) is 4.91. The summed E-state index contributed by atoms with van der Waals surface area (Å²) in [4.78, 5) is 2.81. The van der Waals surface area contributed by atoms with Crippen LogP contribution in [0.5, 0.6) is 0 Å². The molecule has 3 rings (SSSR count). The highest BCUT2D eigenvalue weighted by atomic mass is 32.1. The highest BCUT2D eigenvalue weighted by Crippen LogP contribution is 2.33. The summed E-state index contributed by atoms with van der Waals surface area (Å²) in [6.45, 7) is 4.49. The Hall–Kier alpha value is -1.86. The summed E-state index contributed by atoms with van der Waals surface area (Å²) in [6.07, 6.45) is 0. The van der Waals surface area contributed by atoms with Crippen LogP contribution in [-0.4, -0.2) is 0 Å². The van der Waals surface area contributed by atoms with E-state index in [2.05, 4.69) is 80.6 Å². The lowest BCUT2D eigenvalue weighted by Gasteiger charge is -2.03. The average molecular weight is 278 g/mol. The summed E-state index contributed by atoms with van der Waals surface area (Å²) in [6, 6.07) is 23.8. The summed E-state index contributed by atoms with van der Waals surface area (Å²) in [7, 11) is 0. The van der Waals surface area contributed by atoms with Crippen molar-refractivity contribution in [1.29, 1.82) is 0 Å². The molecule has 0 bridgehead atoms.